The number of carbonyl (C=O) groups is 1. The molecule has 0 atom stereocenters. The highest BCUT2D eigenvalue weighted by molar-refractivity contribution is 9.10. The minimum atomic E-state index is -3.84. The average molecular weight is 411 g/mol. The van der Waals surface area contributed by atoms with Crippen molar-refractivity contribution in [3.63, 3.8) is 0 Å². The van der Waals surface area contributed by atoms with Crippen molar-refractivity contribution >= 4 is 37.5 Å². The van der Waals surface area contributed by atoms with E-state index in [-0.39, 0.29) is 17.3 Å². The predicted molar refractivity (Wildman–Crippen MR) is 98.5 cm³/mol. The standard InChI is InChI=1S/C17H19BrN2O3S/c1-13-4-10-16(11-5-13)24(22,23)20(12-17(21)19(2)3)15-8-6-14(18)7-9-15/h4-11H,12H2,1-3H3. The second-order valence-electron chi connectivity index (χ2n) is 5.59. The molecule has 0 aliphatic rings. The lowest BCUT2D eigenvalue weighted by Gasteiger charge is -2.25. The smallest absolute Gasteiger partial charge is 0.264 e. The molecule has 0 heterocycles. The lowest BCUT2D eigenvalue weighted by atomic mass is 10.2. The second kappa shape index (κ2) is 7.36. The quantitative estimate of drug-likeness (QED) is 0.760. The van der Waals surface area contributed by atoms with Crippen LogP contribution in [-0.2, 0) is 14.8 Å². The van der Waals surface area contributed by atoms with E-state index in [1.807, 2.05) is 6.92 Å². The number of hydrogen-bond acceptors (Lipinski definition) is 3. The minimum Gasteiger partial charge on any atom is -0.347 e. The molecule has 0 aliphatic heterocycles. The number of amides is 1. The summed E-state index contributed by atoms with van der Waals surface area (Å²) in [5.74, 6) is -0.298. The van der Waals surface area contributed by atoms with Crippen LogP contribution in [0, 0.1) is 6.92 Å². The molecule has 1 amide bonds. The highest BCUT2D eigenvalue weighted by Gasteiger charge is 2.27. The van der Waals surface area contributed by atoms with E-state index in [2.05, 4.69) is 15.9 Å². The van der Waals surface area contributed by atoms with Crippen molar-refractivity contribution in [2.75, 3.05) is 24.9 Å². The van der Waals surface area contributed by atoms with E-state index in [9.17, 15) is 13.2 Å². The summed E-state index contributed by atoms with van der Waals surface area (Å²) in [4.78, 5) is 13.7. The fourth-order valence-corrected chi connectivity index (χ4v) is 3.70. The molecule has 0 saturated carbocycles. The van der Waals surface area contributed by atoms with Gasteiger partial charge < -0.3 is 4.90 Å². The zero-order valence-electron chi connectivity index (χ0n) is 13.7. The number of benzene rings is 2. The number of rotatable bonds is 5. The molecule has 0 fully saturated rings. The monoisotopic (exact) mass is 410 g/mol. The maximum absolute atomic E-state index is 13.0. The van der Waals surface area contributed by atoms with Crippen molar-refractivity contribution in [2.24, 2.45) is 0 Å². The van der Waals surface area contributed by atoms with Crippen LogP contribution in [0.4, 0.5) is 5.69 Å². The summed E-state index contributed by atoms with van der Waals surface area (Å²) in [6.07, 6.45) is 0. The summed E-state index contributed by atoms with van der Waals surface area (Å²) in [6.45, 7) is 1.63. The molecule has 0 bridgehead atoms. The predicted octanol–water partition coefficient (Wildman–Crippen LogP) is 3.04. The Morgan fingerprint density at radius 3 is 2.04 bits per heavy atom. The molecule has 24 heavy (non-hydrogen) atoms. The largest absolute Gasteiger partial charge is 0.347 e. The van der Waals surface area contributed by atoms with Crippen molar-refractivity contribution < 1.29 is 13.2 Å². The molecule has 2 aromatic rings. The summed E-state index contributed by atoms with van der Waals surface area (Å²) in [6, 6.07) is 13.4. The number of nitrogens with zero attached hydrogens (tertiary/aromatic N) is 2. The van der Waals surface area contributed by atoms with E-state index in [1.54, 1.807) is 62.6 Å². The highest BCUT2D eigenvalue weighted by Crippen LogP contribution is 2.25. The number of sulfonamides is 1. The van der Waals surface area contributed by atoms with Gasteiger partial charge in [-0.1, -0.05) is 33.6 Å². The Morgan fingerprint density at radius 1 is 1.00 bits per heavy atom. The molecule has 2 aromatic carbocycles. The summed E-state index contributed by atoms with van der Waals surface area (Å²) in [5, 5.41) is 0. The Bertz CT molecular complexity index is 816. The Hall–Kier alpha value is -1.86. The first-order valence-corrected chi connectivity index (χ1v) is 9.50. The van der Waals surface area contributed by atoms with E-state index in [0.717, 1.165) is 14.3 Å². The van der Waals surface area contributed by atoms with Gasteiger partial charge in [0.1, 0.15) is 6.54 Å². The number of halogens is 1. The van der Waals surface area contributed by atoms with E-state index in [0.29, 0.717) is 5.69 Å². The lowest BCUT2D eigenvalue weighted by molar-refractivity contribution is -0.127. The molecule has 0 unspecified atom stereocenters. The fourth-order valence-electron chi connectivity index (χ4n) is 2.02. The second-order valence-corrected chi connectivity index (χ2v) is 8.37. The van der Waals surface area contributed by atoms with Gasteiger partial charge in [-0.2, -0.15) is 0 Å². The number of aryl methyl sites for hydroxylation is 1. The first kappa shape index (κ1) is 18.5. The van der Waals surface area contributed by atoms with Crippen molar-refractivity contribution in [1.82, 2.24) is 4.90 Å². The molecule has 5 nitrogen and oxygen atoms in total. The van der Waals surface area contributed by atoms with Gasteiger partial charge in [-0.3, -0.25) is 9.10 Å². The van der Waals surface area contributed by atoms with Crippen LogP contribution in [-0.4, -0.2) is 39.9 Å². The third-order valence-electron chi connectivity index (χ3n) is 3.50. The van der Waals surface area contributed by atoms with E-state index in [1.165, 1.54) is 4.90 Å². The minimum absolute atomic E-state index is 0.155. The van der Waals surface area contributed by atoms with Gasteiger partial charge in [0.25, 0.3) is 10.0 Å². The first-order chi connectivity index (χ1) is 11.2. The molecule has 128 valence electrons. The molecule has 0 aromatic heterocycles. The van der Waals surface area contributed by atoms with Crippen LogP contribution >= 0.6 is 15.9 Å². The summed E-state index contributed by atoms with van der Waals surface area (Å²) in [5.41, 5.74) is 1.41. The van der Waals surface area contributed by atoms with Crippen molar-refractivity contribution in [1.29, 1.82) is 0 Å². The van der Waals surface area contributed by atoms with Crippen LogP contribution < -0.4 is 4.31 Å². The molecule has 0 radical (unpaired) electrons. The first-order valence-electron chi connectivity index (χ1n) is 7.27. The highest BCUT2D eigenvalue weighted by atomic mass is 79.9. The normalized spacial score (nSPS) is 11.2. The Labute approximate surface area is 151 Å². The maximum atomic E-state index is 13.0. The van der Waals surface area contributed by atoms with Gasteiger partial charge in [0, 0.05) is 18.6 Å². The molecule has 0 spiro atoms. The zero-order valence-corrected chi connectivity index (χ0v) is 16.1. The molecular formula is C17H19BrN2O3S. The van der Waals surface area contributed by atoms with Gasteiger partial charge in [0.05, 0.1) is 10.6 Å². The molecule has 2 rings (SSSR count). The van der Waals surface area contributed by atoms with Crippen molar-refractivity contribution in [3.05, 3.63) is 58.6 Å². The van der Waals surface area contributed by atoms with Crippen LogP contribution in [0.3, 0.4) is 0 Å². The van der Waals surface area contributed by atoms with E-state index < -0.39 is 10.0 Å². The van der Waals surface area contributed by atoms with Crippen LogP contribution in [0.1, 0.15) is 5.56 Å². The van der Waals surface area contributed by atoms with Crippen LogP contribution in [0.25, 0.3) is 0 Å². The molecule has 0 saturated heterocycles. The average Bonchev–Trinajstić information content (AvgIpc) is 2.53. The Morgan fingerprint density at radius 2 is 1.54 bits per heavy atom. The van der Waals surface area contributed by atoms with Crippen LogP contribution in [0.2, 0.25) is 0 Å². The maximum Gasteiger partial charge on any atom is 0.264 e. The SMILES string of the molecule is Cc1ccc(S(=O)(=O)N(CC(=O)N(C)C)c2ccc(Br)cc2)cc1. The van der Waals surface area contributed by atoms with Gasteiger partial charge >= 0.3 is 0 Å². The Balaban J connectivity index is 2.49. The lowest BCUT2D eigenvalue weighted by Crippen LogP contribution is -2.40. The van der Waals surface area contributed by atoms with E-state index in [4.69, 9.17) is 0 Å². The van der Waals surface area contributed by atoms with E-state index >= 15 is 0 Å². The van der Waals surface area contributed by atoms with Gasteiger partial charge in [0.2, 0.25) is 5.91 Å². The van der Waals surface area contributed by atoms with Crippen LogP contribution in [0.5, 0.6) is 0 Å². The topological polar surface area (TPSA) is 57.7 Å². The third-order valence-corrected chi connectivity index (χ3v) is 5.82. The van der Waals surface area contributed by atoms with Crippen LogP contribution in [0.15, 0.2) is 57.9 Å². The van der Waals surface area contributed by atoms with Gasteiger partial charge in [-0.15, -0.1) is 0 Å². The number of hydrogen-bond donors (Lipinski definition) is 0. The summed E-state index contributed by atoms with van der Waals surface area (Å²) >= 11 is 3.33. The number of likely N-dealkylation sites (N-methyl/N-ethyl adjacent to an activating group) is 1. The number of carbonyl (C=O) groups excluding carboxylic acids is 1. The zero-order chi connectivity index (χ0) is 17.9. The fraction of sp³-hybridized carbons (Fsp3) is 0.235. The van der Waals surface area contributed by atoms with Crippen molar-refractivity contribution in [3.8, 4) is 0 Å². The summed E-state index contributed by atoms with van der Waals surface area (Å²) in [7, 11) is -0.646. The molecular weight excluding hydrogens is 392 g/mol. The Kier molecular flexibility index (Phi) is 5.66. The van der Waals surface area contributed by atoms with Gasteiger partial charge in [-0.25, -0.2) is 8.42 Å². The number of anilines is 1. The molecule has 0 aliphatic carbocycles. The van der Waals surface area contributed by atoms with Gasteiger partial charge in [-0.05, 0) is 43.3 Å². The van der Waals surface area contributed by atoms with Crippen molar-refractivity contribution in [2.45, 2.75) is 11.8 Å². The summed E-state index contributed by atoms with van der Waals surface area (Å²) < 4.78 is 28.0. The molecule has 0 N–H and O–H groups in total. The molecule has 7 heteroatoms. The van der Waals surface area contributed by atoms with Gasteiger partial charge in [0.15, 0.2) is 0 Å². The third kappa shape index (κ3) is 4.15.